The molecule has 1 fully saturated rings. The smallest absolute Gasteiger partial charge is 0.0568 e. The van der Waals surface area contributed by atoms with Gasteiger partial charge in [-0.15, -0.1) is 0 Å². The van der Waals surface area contributed by atoms with Crippen molar-refractivity contribution in [3.8, 4) is 0 Å². The Morgan fingerprint density at radius 2 is 1.77 bits per heavy atom. The molecule has 78 valence electrons. The average Bonchev–Trinajstić information content (AvgIpc) is 2.42. The van der Waals surface area contributed by atoms with E-state index in [-0.39, 0.29) is 6.10 Å². The average molecular weight is 184 g/mol. The Labute approximate surface area is 82.5 Å². The molecule has 0 spiro atoms. The Hall–Kier alpha value is -0.0400. The lowest BCUT2D eigenvalue weighted by molar-refractivity contribution is 0.0879. The van der Waals surface area contributed by atoms with Gasteiger partial charge in [-0.2, -0.15) is 0 Å². The number of aliphatic hydroxyl groups is 1. The van der Waals surface area contributed by atoms with Crippen LogP contribution in [0.15, 0.2) is 0 Å². The van der Waals surface area contributed by atoms with Gasteiger partial charge in [0, 0.05) is 0 Å². The fraction of sp³-hybridized carbons (Fsp3) is 1.00. The third-order valence-corrected chi connectivity index (χ3v) is 3.30. The van der Waals surface area contributed by atoms with Gasteiger partial charge in [0.15, 0.2) is 0 Å². The van der Waals surface area contributed by atoms with Gasteiger partial charge in [-0.05, 0) is 25.2 Å². The quantitative estimate of drug-likeness (QED) is 0.663. The lowest BCUT2D eigenvalue weighted by Gasteiger charge is -2.20. The molecule has 1 aliphatic rings. The van der Waals surface area contributed by atoms with Gasteiger partial charge in [0.1, 0.15) is 0 Å². The van der Waals surface area contributed by atoms with Crippen molar-refractivity contribution in [2.24, 2.45) is 5.92 Å². The highest BCUT2D eigenvalue weighted by atomic mass is 16.3. The lowest BCUT2D eigenvalue weighted by Crippen LogP contribution is -2.19. The monoisotopic (exact) mass is 184 g/mol. The molecule has 0 amide bonds. The maximum atomic E-state index is 9.93. The summed E-state index contributed by atoms with van der Waals surface area (Å²) in [7, 11) is 0. The second kappa shape index (κ2) is 6.42. The van der Waals surface area contributed by atoms with E-state index >= 15 is 0 Å². The Kier molecular flexibility index (Phi) is 5.45. The number of rotatable bonds is 4. The van der Waals surface area contributed by atoms with Gasteiger partial charge in [0.25, 0.3) is 0 Å². The Morgan fingerprint density at radius 1 is 1.15 bits per heavy atom. The van der Waals surface area contributed by atoms with E-state index in [9.17, 15) is 5.11 Å². The first kappa shape index (κ1) is 11.0. The molecule has 0 aromatic rings. The highest BCUT2D eigenvalue weighted by Crippen LogP contribution is 2.27. The van der Waals surface area contributed by atoms with Gasteiger partial charge in [0.05, 0.1) is 6.10 Å². The highest BCUT2D eigenvalue weighted by Gasteiger charge is 2.19. The predicted molar refractivity (Wildman–Crippen MR) is 56.7 cm³/mol. The lowest BCUT2D eigenvalue weighted by atomic mass is 9.91. The van der Waals surface area contributed by atoms with Crippen molar-refractivity contribution in [2.75, 3.05) is 0 Å². The van der Waals surface area contributed by atoms with Crippen LogP contribution in [-0.2, 0) is 0 Å². The summed E-state index contributed by atoms with van der Waals surface area (Å²) in [5.74, 6) is 0.619. The van der Waals surface area contributed by atoms with Crippen LogP contribution >= 0.6 is 0 Å². The molecule has 0 heterocycles. The molecular weight excluding hydrogens is 160 g/mol. The van der Waals surface area contributed by atoms with E-state index in [4.69, 9.17) is 0 Å². The Bertz CT molecular complexity index is 114. The van der Waals surface area contributed by atoms with Gasteiger partial charge >= 0.3 is 0 Å². The topological polar surface area (TPSA) is 20.2 Å². The van der Waals surface area contributed by atoms with E-state index < -0.39 is 0 Å². The molecule has 1 atom stereocenters. The first-order chi connectivity index (χ1) is 6.34. The van der Waals surface area contributed by atoms with Crippen molar-refractivity contribution in [3.63, 3.8) is 0 Å². The van der Waals surface area contributed by atoms with Gasteiger partial charge in [-0.25, -0.2) is 0 Å². The van der Waals surface area contributed by atoms with Crippen LogP contribution in [0.25, 0.3) is 0 Å². The van der Waals surface area contributed by atoms with Gasteiger partial charge in [-0.1, -0.05) is 45.4 Å². The van der Waals surface area contributed by atoms with Crippen molar-refractivity contribution >= 4 is 0 Å². The van der Waals surface area contributed by atoms with E-state index in [1.165, 1.54) is 51.4 Å². The fourth-order valence-electron chi connectivity index (χ4n) is 2.34. The summed E-state index contributed by atoms with van der Waals surface area (Å²) in [6, 6.07) is 0. The maximum Gasteiger partial charge on any atom is 0.0568 e. The normalized spacial score (nSPS) is 22.6. The van der Waals surface area contributed by atoms with E-state index in [2.05, 4.69) is 6.92 Å². The molecule has 1 saturated carbocycles. The molecule has 0 aliphatic heterocycles. The molecule has 13 heavy (non-hydrogen) atoms. The summed E-state index contributed by atoms with van der Waals surface area (Å²) in [4.78, 5) is 0. The zero-order chi connectivity index (χ0) is 9.52. The Morgan fingerprint density at radius 3 is 2.31 bits per heavy atom. The van der Waals surface area contributed by atoms with Crippen LogP contribution in [-0.4, -0.2) is 11.2 Å². The molecule has 0 aromatic heterocycles. The minimum Gasteiger partial charge on any atom is -0.393 e. The predicted octanol–water partition coefficient (Wildman–Crippen LogP) is 3.51. The van der Waals surface area contributed by atoms with Crippen molar-refractivity contribution in [3.05, 3.63) is 0 Å². The van der Waals surface area contributed by atoms with E-state index in [0.717, 1.165) is 6.42 Å². The van der Waals surface area contributed by atoms with Gasteiger partial charge < -0.3 is 5.11 Å². The van der Waals surface area contributed by atoms with E-state index in [1.54, 1.807) is 0 Å². The molecule has 1 aliphatic carbocycles. The van der Waals surface area contributed by atoms with E-state index in [0.29, 0.717) is 5.92 Å². The molecule has 0 radical (unpaired) electrons. The molecule has 1 heteroatoms. The summed E-state index contributed by atoms with van der Waals surface area (Å²) in [6.07, 6.45) is 11.4. The van der Waals surface area contributed by atoms with E-state index in [1.807, 2.05) is 0 Å². The largest absolute Gasteiger partial charge is 0.393 e. The van der Waals surface area contributed by atoms with Crippen molar-refractivity contribution in [2.45, 2.75) is 70.8 Å². The number of aliphatic hydroxyl groups excluding tert-OH is 1. The van der Waals surface area contributed by atoms with Crippen molar-refractivity contribution in [1.82, 2.24) is 0 Å². The van der Waals surface area contributed by atoms with Crippen LogP contribution in [0.2, 0.25) is 0 Å². The third-order valence-electron chi connectivity index (χ3n) is 3.30. The van der Waals surface area contributed by atoms with Crippen LogP contribution < -0.4 is 0 Å². The van der Waals surface area contributed by atoms with Crippen LogP contribution in [0, 0.1) is 5.92 Å². The standard InChI is InChI=1S/C12H24O/c1-2-3-10-12(13)11-8-6-4-5-7-9-11/h11-13H,2-10H2,1H3. The molecular formula is C12H24O. The second-order valence-electron chi connectivity index (χ2n) is 4.46. The minimum atomic E-state index is -0.00181. The third kappa shape index (κ3) is 4.12. The summed E-state index contributed by atoms with van der Waals surface area (Å²) in [5, 5.41) is 9.93. The molecule has 0 aromatic carbocycles. The first-order valence-electron chi connectivity index (χ1n) is 6.02. The molecule has 1 rings (SSSR count). The summed E-state index contributed by atoms with van der Waals surface area (Å²) in [6.45, 7) is 2.19. The zero-order valence-electron chi connectivity index (χ0n) is 8.97. The molecule has 1 nitrogen and oxygen atoms in total. The summed E-state index contributed by atoms with van der Waals surface area (Å²) < 4.78 is 0. The number of unbranched alkanes of at least 4 members (excludes halogenated alkanes) is 1. The van der Waals surface area contributed by atoms with Crippen LogP contribution in [0.3, 0.4) is 0 Å². The molecule has 0 saturated heterocycles. The summed E-state index contributed by atoms with van der Waals surface area (Å²) >= 11 is 0. The summed E-state index contributed by atoms with van der Waals surface area (Å²) in [5.41, 5.74) is 0. The first-order valence-corrected chi connectivity index (χ1v) is 6.02. The zero-order valence-corrected chi connectivity index (χ0v) is 8.97. The minimum absolute atomic E-state index is 0.00181. The molecule has 1 N–H and O–H groups in total. The molecule has 0 bridgehead atoms. The van der Waals surface area contributed by atoms with Crippen molar-refractivity contribution in [1.29, 1.82) is 0 Å². The van der Waals surface area contributed by atoms with Crippen LogP contribution in [0.5, 0.6) is 0 Å². The molecule has 1 unspecified atom stereocenters. The van der Waals surface area contributed by atoms with Crippen LogP contribution in [0.4, 0.5) is 0 Å². The number of hydrogen-bond acceptors (Lipinski definition) is 1. The van der Waals surface area contributed by atoms with Crippen molar-refractivity contribution < 1.29 is 5.11 Å². The SMILES string of the molecule is CCCCC(O)C1CCCCCC1. The van der Waals surface area contributed by atoms with Gasteiger partial charge in [-0.3, -0.25) is 0 Å². The van der Waals surface area contributed by atoms with Gasteiger partial charge in [0.2, 0.25) is 0 Å². The maximum absolute atomic E-state index is 9.93. The fourth-order valence-corrected chi connectivity index (χ4v) is 2.34. The number of hydrogen-bond donors (Lipinski definition) is 1. The Balaban J connectivity index is 2.22. The van der Waals surface area contributed by atoms with Crippen LogP contribution in [0.1, 0.15) is 64.7 Å². The highest BCUT2D eigenvalue weighted by molar-refractivity contribution is 4.71. The second-order valence-corrected chi connectivity index (χ2v) is 4.46.